The number of pyridine rings is 2. The van der Waals surface area contributed by atoms with Gasteiger partial charge in [0.15, 0.2) is 0 Å². The van der Waals surface area contributed by atoms with Crippen molar-refractivity contribution in [3.8, 4) is 11.5 Å². The highest BCUT2D eigenvalue weighted by atomic mass is 35.5. The first-order valence-corrected chi connectivity index (χ1v) is 20.3. The largest absolute Gasteiger partial charge is 0.496 e. The molecular weight excluding hydrogens is 803 g/mol. The van der Waals surface area contributed by atoms with Crippen molar-refractivity contribution in [3.63, 3.8) is 0 Å². The second-order valence-electron chi connectivity index (χ2n) is 14.6. The number of amides is 4. The number of hydrogen-bond donors (Lipinski definition) is 2. The van der Waals surface area contributed by atoms with Gasteiger partial charge in [0.05, 0.1) is 14.2 Å². The molecule has 8 rings (SSSR count). The molecule has 0 radical (unpaired) electrons. The summed E-state index contributed by atoms with van der Waals surface area (Å²) in [6.07, 6.45) is 6.30. The van der Waals surface area contributed by atoms with Crippen molar-refractivity contribution >= 4 is 91.9 Å². The number of halogens is 2. The normalized spacial score (nSPS) is 16.4. The van der Waals surface area contributed by atoms with Crippen LogP contribution in [-0.2, 0) is 9.59 Å². The van der Waals surface area contributed by atoms with Crippen molar-refractivity contribution in [1.82, 2.24) is 19.8 Å². The van der Waals surface area contributed by atoms with E-state index in [-0.39, 0.29) is 45.3 Å². The van der Waals surface area contributed by atoms with E-state index in [1.807, 2.05) is 60.7 Å². The zero-order valence-corrected chi connectivity index (χ0v) is 34.3. The predicted octanol–water partition coefficient (Wildman–Crippen LogP) is 8.76. The number of fused-ring (bicyclic) bond motifs is 2. The quantitative estimate of drug-likeness (QED) is 0.103. The van der Waals surface area contributed by atoms with Gasteiger partial charge in [0.25, 0.3) is 11.8 Å². The molecule has 0 saturated carbocycles. The molecular formula is C46H40Cl2N6O6. The zero-order chi connectivity index (χ0) is 41.9. The number of anilines is 2. The number of aromatic nitrogens is 2. The number of hydrogen-bond acceptors (Lipinski definition) is 8. The summed E-state index contributed by atoms with van der Waals surface area (Å²) in [5.41, 5.74) is 3.38. The Morgan fingerprint density at radius 3 is 1.38 bits per heavy atom. The van der Waals surface area contributed by atoms with E-state index in [9.17, 15) is 19.2 Å². The maximum Gasteiger partial charge on any atom is 0.273 e. The fourth-order valence-corrected chi connectivity index (χ4v) is 8.34. The number of rotatable bonds is 10. The fourth-order valence-electron chi connectivity index (χ4n) is 7.95. The molecule has 4 heterocycles. The highest BCUT2D eigenvalue weighted by molar-refractivity contribution is 6.31. The van der Waals surface area contributed by atoms with Crippen LogP contribution in [0.15, 0.2) is 97.1 Å². The van der Waals surface area contributed by atoms with Gasteiger partial charge in [-0.25, -0.2) is 9.97 Å². The number of carbonyl (C=O) groups excluding carboxylic acids is 4. The highest BCUT2D eigenvalue weighted by Gasteiger charge is 2.37. The van der Waals surface area contributed by atoms with Crippen LogP contribution in [0.25, 0.3) is 33.7 Å². The molecule has 2 fully saturated rings. The molecule has 6 aromatic rings. The molecule has 2 aliphatic heterocycles. The molecule has 0 spiro atoms. The van der Waals surface area contributed by atoms with Crippen LogP contribution in [0, 0.1) is 0 Å². The number of methoxy groups -OCH3 is 2. The number of ether oxygens (including phenoxy) is 2. The van der Waals surface area contributed by atoms with Crippen LogP contribution in [0.1, 0.15) is 57.8 Å². The molecule has 304 valence electrons. The summed E-state index contributed by atoms with van der Waals surface area (Å²) in [7, 11) is 3.11. The minimum atomic E-state index is -0.664. The lowest BCUT2D eigenvalue weighted by atomic mass is 10.1. The van der Waals surface area contributed by atoms with Gasteiger partial charge in [0.2, 0.25) is 11.8 Å². The van der Waals surface area contributed by atoms with Gasteiger partial charge in [-0.05, 0) is 85.3 Å². The van der Waals surface area contributed by atoms with E-state index >= 15 is 0 Å². The molecule has 2 aliphatic rings. The lowest BCUT2D eigenvalue weighted by Gasteiger charge is -2.24. The Balaban J connectivity index is 0.872. The monoisotopic (exact) mass is 842 g/mol. The molecule has 4 aromatic carbocycles. The Morgan fingerprint density at radius 2 is 1.00 bits per heavy atom. The first-order chi connectivity index (χ1) is 29.1. The highest BCUT2D eigenvalue weighted by Crippen LogP contribution is 2.33. The summed E-state index contributed by atoms with van der Waals surface area (Å²) >= 11 is 12.6. The van der Waals surface area contributed by atoms with E-state index in [0.717, 1.165) is 11.1 Å². The summed E-state index contributed by atoms with van der Waals surface area (Å²) in [5.74, 6) is -0.125. The third kappa shape index (κ3) is 8.21. The second kappa shape index (κ2) is 17.4. The Bertz CT molecular complexity index is 2490. The number of carbonyl (C=O) groups is 4. The molecule has 60 heavy (non-hydrogen) atoms. The fraction of sp³-hybridized carbons (Fsp3) is 0.217. The average Bonchev–Trinajstić information content (AvgIpc) is 3.97. The first kappa shape index (κ1) is 40.3. The van der Waals surface area contributed by atoms with E-state index < -0.39 is 12.1 Å². The summed E-state index contributed by atoms with van der Waals surface area (Å²) in [4.78, 5) is 66.4. The molecule has 0 aliphatic carbocycles. The van der Waals surface area contributed by atoms with Crippen LogP contribution in [0.2, 0.25) is 10.3 Å². The van der Waals surface area contributed by atoms with E-state index in [1.165, 1.54) is 0 Å². The van der Waals surface area contributed by atoms with Crippen molar-refractivity contribution in [2.45, 2.75) is 37.8 Å². The standard InChI is InChI=1S/C46H40Cl2N6O6/c1-59-37-11-3-7-31-33(37)25-39(47)51-41(31)45(57)53-23-5-9-35(53)43(55)49-29-19-15-27(16-20-29)13-14-28-17-21-30(22-18-28)50-44(56)36-10-6-24-54(36)46(58)42-32-8-4-12-38(60-2)34(32)26-40(48)52-42/h3-4,7-8,11-22,25-26,35-36H,5-6,9-10,23-24H2,1-2H3,(H,49,55)(H,50,56)/b14-13+/t35-,36-/m0/s1. The summed E-state index contributed by atoms with van der Waals surface area (Å²) in [5, 5.41) is 8.82. The van der Waals surface area contributed by atoms with Gasteiger partial charge < -0.3 is 29.9 Å². The number of nitrogens with zero attached hydrogens (tertiary/aromatic N) is 4. The van der Waals surface area contributed by atoms with Crippen LogP contribution >= 0.6 is 23.2 Å². The van der Waals surface area contributed by atoms with Crippen LogP contribution in [0.5, 0.6) is 11.5 Å². The maximum atomic E-state index is 13.8. The summed E-state index contributed by atoms with van der Waals surface area (Å²) < 4.78 is 10.9. The Morgan fingerprint density at radius 1 is 0.600 bits per heavy atom. The minimum Gasteiger partial charge on any atom is -0.496 e. The van der Waals surface area contributed by atoms with Gasteiger partial charge in [-0.3, -0.25) is 19.2 Å². The SMILES string of the molecule is COc1cccc2c(C(=O)N3CCC[C@H]3C(=O)Nc3ccc(/C=C/c4ccc(NC(=O)[C@@H]5CCCN5C(=O)c5nc(Cl)cc6c(OC)cccc56)cc4)cc3)nc(Cl)cc12. The molecule has 0 unspecified atom stereocenters. The van der Waals surface area contributed by atoms with Crippen LogP contribution in [0.3, 0.4) is 0 Å². The van der Waals surface area contributed by atoms with Crippen LogP contribution in [-0.4, -0.2) is 82.8 Å². The molecule has 2 atom stereocenters. The molecule has 2 aromatic heterocycles. The molecule has 2 saturated heterocycles. The third-order valence-electron chi connectivity index (χ3n) is 10.9. The third-order valence-corrected chi connectivity index (χ3v) is 11.3. The summed E-state index contributed by atoms with van der Waals surface area (Å²) in [6, 6.07) is 27.6. The van der Waals surface area contributed by atoms with Gasteiger partial charge in [-0.15, -0.1) is 0 Å². The number of likely N-dealkylation sites (tertiary alicyclic amines) is 2. The second-order valence-corrected chi connectivity index (χ2v) is 15.3. The van der Waals surface area contributed by atoms with E-state index in [2.05, 4.69) is 20.6 Å². The van der Waals surface area contributed by atoms with Gasteiger partial charge in [0.1, 0.15) is 45.3 Å². The smallest absolute Gasteiger partial charge is 0.273 e. The van der Waals surface area contributed by atoms with Gasteiger partial charge >= 0.3 is 0 Å². The van der Waals surface area contributed by atoms with Crippen molar-refractivity contribution in [1.29, 1.82) is 0 Å². The molecule has 12 nitrogen and oxygen atoms in total. The lowest BCUT2D eigenvalue weighted by Crippen LogP contribution is -2.43. The van der Waals surface area contributed by atoms with E-state index in [4.69, 9.17) is 32.7 Å². The van der Waals surface area contributed by atoms with Crippen LogP contribution < -0.4 is 20.1 Å². The Hall–Kier alpha value is -6.50. The minimum absolute atomic E-state index is 0.165. The zero-order valence-electron chi connectivity index (χ0n) is 32.8. The van der Waals surface area contributed by atoms with Crippen LogP contribution in [0.4, 0.5) is 11.4 Å². The van der Waals surface area contributed by atoms with E-state index in [1.54, 1.807) is 72.6 Å². The van der Waals surface area contributed by atoms with Gasteiger partial charge in [0, 0.05) is 46.0 Å². The number of benzene rings is 4. The van der Waals surface area contributed by atoms with Gasteiger partial charge in [-0.1, -0.05) is 83.9 Å². The average molecular weight is 844 g/mol. The molecule has 4 amide bonds. The predicted molar refractivity (Wildman–Crippen MR) is 234 cm³/mol. The van der Waals surface area contributed by atoms with Gasteiger partial charge in [-0.2, -0.15) is 0 Å². The first-order valence-electron chi connectivity index (χ1n) is 19.5. The van der Waals surface area contributed by atoms with E-state index in [0.29, 0.717) is 83.2 Å². The Labute approximate surface area is 356 Å². The van der Waals surface area contributed by atoms with Crippen molar-refractivity contribution in [2.75, 3.05) is 37.9 Å². The Kier molecular flexibility index (Phi) is 11.7. The molecule has 14 heteroatoms. The van der Waals surface area contributed by atoms with Crippen molar-refractivity contribution in [3.05, 3.63) is 130 Å². The summed E-state index contributed by atoms with van der Waals surface area (Å²) in [6.45, 7) is 0.843. The molecule has 2 N–H and O–H groups in total. The number of nitrogens with one attached hydrogen (secondary N) is 2. The van der Waals surface area contributed by atoms with Crippen molar-refractivity contribution in [2.24, 2.45) is 0 Å². The molecule has 0 bridgehead atoms. The topological polar surface area (TPSA) is 143 Å². The maximum absolute atomic E-state index is 13.8. The van der Waals surface area contributed by atoms with Crippen molar-refractivity contribution < 1.29 is 28.7 Å². The lowest BCUT2D eigenvalue weighted by molar-refractivity contribution is -0.120.